The summed E-state index contributed by atoms with van der Waals surface area (Å²) in [4.78, 5) is 38.9. The van der Waals surface area contributed by atoms with Crippen LogP contribution in [0.5, 0.6) is 5.75 Å². The number of carbonyl (C=O) groups excluding carboxylic acids is 1. The molecule has 0 atom stereocenters. The van der Waals surface area contributed by atoms with E-state index in [-0.39, 0.29) is 18.1 Å². The van der Waals surface area contributed by atoms with E-state index in [2.05, 4.69) is 20.2 Å². The number of hydrogen-bond acceptors (Lipinski definition) is 12. The summed E-state index contributed by atoms with van der Waals surface area (Å²) in [5, 5.41) is 24.7. The van der Waals surface area contributed by atoms with E-state index in [1.165, 1.54) is 18.1 Å². The molecule has 0 saturated carbocycles. The summed E-state index contributed by atoms with van der Waals surface area (Å²) < 4.78 is 12.0. The van der Waals surface area contributed by atoms with Gasteiger partial charge in [0.15, 0.2) is 0 Å². The van der Waals surface area contributed by atoms with Gasteiger partial charge in [0.25, 0.3) is 5.91 Å². The molecular weight excluding hydrogens is 659 g/mol. The third-order valence-corrected chi connectivity index (χ3v) is 9.99. The van der Waals surface area contributed by atoms with Gasteiger partial charge in [-0.3, -0.25) is 14.6 Å². The second-order valence-corrected chi connectivity index (χ2v) is 13.5. The number of nitrogens with zero attached hydrogens (tertiary/aromatic N) is 4. The molecule has 244 valence electrons. The lowest BCUT2D eigenvalue weighted by Gasteiger charge is -2.27. The number of nitrogens with one attached hydrogen (secondary N) is 1. The summed E-state index contributed by atoms with van der Waals surface area (Å²) in [6, 6.07) is 12.9. The molecule has 0 aliphatic carbocycles. The predicted octanol–water partition coefficient (Wildman–Crippen LogP) is 4.96. The standard InChI is InChI=1S/C33H33N5O6S3/c39-10-6-34-30-26-16-21(2-4-27(26)35-20-36-30)24-15-25(46-19-24)17-29-31(40)38(33(45)47-29)7-1-11-44-28-5-3-22(32(41)42)14-23(28)18-37-8-12-43-13-9-37/h2-5,14-17,19-20,39H,1,6-13,18H2,(H,41,42)(H,34,35,36)/b29-17-. The van der Waals surface area contributed by atoms with Crippen LogP contribution in [-0.2, 0) is 16.1 Å². The maximum absolute atomic E-state index is 13.3. The number of carbonyl (C=O) groups is 2. The number of aliphatic hydroxyl groups excluding tert-OH is 1. The van der Waals surface area contributed by atoms with Crippen molar-refractivity contribution in [3.05, 3.63) is 75.1 Å². The highest BCUT2D eigenvalue weighted by Gasteiger charge is 2.31. The number of thioether (sulfide) groups is 1. The number of aromatic nitrogens is 2. The molecule has 2 aromatic heterocycles. The highest BCUT2D eigenvalue weighted by molar-refractivity contribution is 8.26. The first kappa shape index (κ1) is 33.0. The number of hydrogen-bond donors (Lipinski definition) is 3. The molecule has 3 N–H and O–H groups in total. The maximum atomic E-state index is 13.3. The maximum Gasteiger partial charge on any atom is 0.335 e. The molecule has 2 aliphatic rings. The zero-order valence-corrected chi connectivity index (χ0v) is 27.8. The molecule has 47 heavy (non-hydrogen) atoms. The van der Waals surface area contributed by atoms with Gasteiger partial charge < -0.3 is 25.0 Å². The lowest BCUT2D eigenvalue weighted by molar-refractivity contribution is -0.122. The van der Waals surface area contributed by atoms with E-state index in [4.69, 9.17) is 21.7 Å². The smallest absolute Gasteiger partial charge is 0.335 e. The average Bonchev–Trinajstić information content (AvgIpc) is 3.66. The van der Waals surface area contributed by atoms with Gasteiger partial charge in [0.05, 0.1) is 42.4 Å². The normalized spacial score (nSPS) is 16.4. The first-order valence-electron chi connectivity index (χ1n) is 15.1. The van der Waals surface area contributed by atoms with E-state index < -0.39 is 5.97 Å². The van der Waals surface area contributed by atoms with Gasteiger partial charge in [-0.15, -0.1) is 11.3 Å². The first-order chi connectivity index (χ1) is 22.9. The predicted molar refractivity (Wildman–Crippen MR) is 188 cm³/mol. The largest absolute Gasteiger partial charge is 0.493 e. The van der Waals surface area contributed by atoms with Crippen LogP contribution in [0.4, 0.5) is 5.82 Å². The zero-order chi connectivity index (χ0) is 32.8. The number of benzene rings is 2. The average molecular weight is 692 g/mol. The van der Waals surface area contributed by atoms with Crippen molar-refractivity contribution in [2.45, 2.75) is 13.0 Å². The fourth-order valence-corrected chi connectivity index (χ4v) is 7.56. The quantitative estimate of drug-likeness (QED) is 0.0993. The third-order valence-electron chi connectivity index (χ3n) is 7.73. The molecule has 4 aromatic rings. The van der Waals surface area contributed by atoms with Crippen molar-refractivity contribution in [2.75, 3.05) is 57.9 Å². The van der Waals surface area contributed by atoms with Gasteiger partial charge >= 0.3 is 5.97 Å². The number of ether oxygens (including phenoxy) is 2. The van der Waals surface area contributed by atoms with Crippen molar-refractivity contribution < 1.29 is 29.3 Å². The first-order valence-corrected chi connectivity index (χ1v) is 17.2. The molecule has 1 amide bonds. The summed E-state index contributed by atoms with van der Waals surface area (Å²) >= 11 is 8.39. The van der Waals surface area contributed by atoms with Gasteiger partial charge in [-0.25, -0.2) is 14.8 Å². The number of aromatic carboxylic acids is 1. The number of thiophene rings is 1. The van der Waals surface area contributed by atoms with E-state index in [1.807, 2.05) is 35.7 Å². The Morgan fingerprint density at radius 2 is 1.98 bits per heavy atom. The molecule has 2 fully saturated rings. The van der Waals surface area contributed by atoms with Gasteiger partial charge in [-0.1, -0.05) is 30.0 Å². The summed E-state index contributed by atoms with van der Waals surface area (Å²) in [5.74, 6) is 0.194. The van der Waals surface area contributed by atoms with Gasteiger partial charge in [0.1, 0.15) is 22.2 Å². The van der Waals surface area contributed by atoms with Crippen molar-refractivity contribution in [1.29, 1.82) is 0 Å². The number of rotatable bonds is 13. The number of morpholine rings is 1. The van der Waals surface area contributed by atoms with Crippen LogP contribution in [0.25, 0.3) is 28.1 Å². The minimum atomic E-state index is -0.980. The topological polar surface area (TPSA) is 137 Å². The minimum absolute atomic E-state index is 0.000255. The van der Waals surface area contributed by atoms with Crippen molar-refractivity contribution in [2.24, 2.45) is 0 Å². The number of thiocarbonyl (C=S) groups is 1. The molecule has 11 nitrogen and oxygen atoms in total. The Kier molecular flexibility index (Phi) is 10.8. The van der Waals surface area contributed by atoms with Crippen molar-refractivity contribution >= 4 is 74.3 Å². The van der Waals surface area contributed by atoms with Gasteiger partial charge in [-0.05, 0) is 65.4 Å². The molecule has 4 heterocycles. The van der Waals surface area contributed by atoms with Crippen LogP contribution in [0.2, 0.25) is 0 Å². The van der Waals surface area contributed by atoms with Crippen LogP contribution in [0.3, 0.4) is 0 Å². The van der Waals surface area contributed by atoms with Gasteiger partial charge in [0.2, 0.25) is 0 Å². The molecule has 2 aliphatic heterocycles. The molecule has 0 radical (unpaired) electrons. The second kappa shape index (κ2) is 15.3. The molecule has 14 heteroatoms. The fraction of sp³-hybridized carbons (Fsp3) is 0.303. The number of fused-ring (bicyclic) bond motifs is 1. The Morgan fingerprint density at radius 3 is 2.79 bits per heavy atom. The fourth-order valence-electron chi connectivity index (χ4n) is 5.34. The van der Waals surface area contributed by atoms with Crippen molar-refractivity contribution in [3.63, 3.8) is 0 Å². The van der Waals surface area contributed by atoms with E-state index in [9.17, 15) is 19.8 Å². The molecule has 2 aromatic carbocycles. The number of amides is 1. The summed E-state index contributed by atoms with van der Waals surface area (Å²) in [7, 11) is 0. The van der Waals surface area contributed by atoms with Crippen LogP contribution in [0.15, 0.2) is 59.1 Å². The summed E-state index contributed by atoms with van der Waals surface area (Å²) in [6.45, 7) is 4.56. The second-order valence-electron chi connectivity index (χ2n) is 10.9. The third kappa shape index (κ3) is 7.97. The lowest BCUT2D eigenvalue weighted by Crippen LogP contribution is -2.35. The highest BCUT2D eigenvalue weighted by Crippen LogP contribution is 2.36. The lowest BCUT2D eigenvalue weighted by atomic mass is 10.1. The van der Waals surface area contributed by atoms with Crippen molar-refractivity contribution in [3.8, 4) is 16.9 Å². The molecule has 0 unspecified atom stereocenters. The summed E-state index contributed by atoms with van der Waals surface area (Å²) in [5.41, 5.74) is 3.84. The highest BCUT2D eigenvalue weighted by atomic mass is 32.2. The number of carboxylic acid groups (broad SMARTS) is 1. The van der Waals surface area contributed by atoms with Crippen LogP contribution < -0.4 is 10.1 Å². The van der Waals surface area contributed by atoms with Crippen LogP contribution >= 0.6 is 35.3 Å². The molecule has 0 bridgehead atoms. The van der Waals surface area contributed by atoms with Crippen molar-refractivity contribution in [1.82, 2.24) is 19.8 Å². The van der Waals surface area contributed by atoms with E-state index >= 15 is 0 Å². The number of anilines is 1. The molecule has 0 spiro atoms. The Morgan fingerprint density at radius 1 is 1.13 bits per heavy atom. The monoisotopic (exact) mass is 691 g/mol. The Bertz CT molecular complexity index is 1820. The molecule has 2 saturated heterocycles. The SMILES string of the molecule is O=C(O)c1ccc(OCCCN2C(=O)/C(=C/c3cc(-c4ccc5ncnc(NCCO)c5c4)cs3)SC2=S)c(CN2CCOCC2)c1. The van der Waals surface area contributed by atoms with Crippen LogP contribution in [-0.4, -0.2) is 98.8 Å². The van der Waals surface area contributed by atoms with E-state index in [0.29, 0.717) is 66.7 Å². The number of carboxylic acids is 1. The summed E-state index contributed by atoms with van der Waals surface area (Å²) in [6.07, 6.45) is 3.93. The Labute approximate surface area is 285 Å². The minimum Gasteiger partial charge on any atom is -0.493 e. The molecular formula is C33H33N5O6S3. The zero-order valence-electron chi connectivity index (χ0n) is 25.4. The van der Waals surface area contributed by atoms with E-state index in [1.54, 1.807) is 34.4 Å². The Balaban J connectivity index is 1.07. The molecule has 6 rings (SSSR count). The van der Waals surface area contributed by atoms with Crippen LogP contribution in [0, 0.1) is 0 Å². The van der Waals surface area contributed by atoms with Gasteiger partial charge in [0, 0.05) is 48.6 Å². The van der Waals surface area contributed by atoms with E-state index in [0.717, 1.165) is 45.6 Å². The Hall–Kier alpha value is -3.92. The van der Waals surface area contributed by atoms with Gasteiger partial charge in [-0.2, -0.15) is 0 Å². The van der Waals surface area contributed by atoms with Crippen LogP contribution in [0.1, 0.15) is 27.2 Å². The number of aliphatic hydroxyl groups is 1.